The van der Waals surface area contributed by atoms with E-state index < -0.39 is 0 Å². The Morgan fingerprint density at radius 1 is 1.53 bits per heavy atom. The van der Waals surface area contributed by atoms with Crippen molar-refractivity contribution >= 4 is 17.5 Å². The standard InChI is InChI=1S/C9H13ClN4O/c1-2-14(6-9(11)15)5-7-3-4-8(10)13-12-7/h3-4H,2,5-6H2,1H3,(H2,11,15). The van der Waals surface area contributed by atoms with Gasteiger partial charge in [-0.05, 0) is 18.7 Å². The smallest absolute Gasteiger partial charge is 0.231 e. The lowest BCUT2D eigenvalue weighted by molar-refractivity contribution is -0.119. The monoisotopic (exact) mass is 228 g/mol. The van der Waals surface area contributed by atoms with Crippen LogP contribution in [-0.4, -0.2) is 34.1 Å². The Hall–Kier alpha value is -1.20. The summed E-state index contributed by atoms with van der Waals surface area (Å²) in [6.07, 6.45) is 0. The fourth-order valence-corrected chi connectivity index (χ4v) is 1.26. The minimum atomic E-state index is -0.348. The van der Waals surface area contributed by atoms with Crippen LogP contribution in [0.4, 0.5) is 0 Å². The number of aromatic nitrogens is 2. The van der Waals surface area contributed by atoms with Gasteiger partial charge in [-0.2, -0.15) is 5.10 Å². The molecule has 0 aromatic carbocycles. The first-order valence-corrected chi connectivity index (χ1v) is 4.98. The zero-order chi connectivity index (χ0) is 11.3. The highest BCUT2D eigenvalue weighted by molar-refractivity contribution is 6.29. The summed E-state index contributed by atoms with van der Waals surface area (Å²) in [7, 11) is 0. The van der Waals surface area contributed by atoms with E-state index in [0.717, 1.165) is 12.2 Å². The van der Waals surface area contributed by atoms with Gasteiger partial charge in [-0.1, -0.05) is 18.5 Å². The molecule has 82 valence electrons. The summed E-state index contributed by atoms with van der Waals surface area (Å²) >= 11 is 5.61. The van der Waals surface area contributed by atoms with Gasteiger partial charge < -0.3 is 5.73 Å². The normalized spacial score (nSPS) is 10.6. The van der Waals surface area contributed by atoms with Gasteiger partial charge in [-0.15, -0.1) is 5.10 Å². The first kappa shape index (κ1) is 11.9. The Balaban J connectivity index is 2.58. The first-order chi connectivity index (χ1) is 7.11. The van der Waals surface area contributed by atoms with Gasteiger partial charge >= 0.3 is 0 Å². The van der Waals surface area contributed by atoms with Crippen LogP contribution in [0.2, 0.25) is 5.15 Å². The van der Waals surface area contributed by atoms with Gasteiger partial charge in [0.25, 0.3) is 0 Å². The average Bonchev–Trinajstić information content (AvgIpc) is 2.19. The van der Waals surface area contributed by atoms with Crippen LogP contribution in [0.5, 0.6) is 0 Å². The molecule has 0 saturated carbocycles. The lowest BCUT2D eigenvalue weighted by Gasteiger charge is -2.17. The zero-order valence-corrected chi connectivity index (χ0v) is 9.24. The molecule has 0 bridgehead atoms. The van der Waals surface area contributed by atoms with Crippen molar-refractivity contribution in [2.75, 3.05) is 13.1 Å². The van der Waals surface area contributed by atoms with Gasteiger partial charge in [0, 0.05) is 6.54 Å². The third-order valence-electron chi connectivity index (χ3n) is 1.90. The first-order valence-electron chi connectivity index (χ1n) is 4.60. The third-order valence-corrected chi connectivity index (χ3v) is 2.10. The fraction of sp³-hybridized carbons (Fsp3) is 0.444. The highest BCUT2D eigenvalue weighted by Gasteiger charge is 2.07. The molecule has 0 atom stereocenters. The highest BCUT2D eigenvalue weighted by atomic mass is 35.5. The molecule has 1 aromatic heterocycles. The fourth-order valence-electron chi connectivity index (χ4n) is 1.16. The van der Waals surface area contributed by atoms with E-state index in [-0.39, 0.29) is 12.5 Å². The van der Waals surface area contributed by atoms with E-state index in [2.05, 4.69) is 10.2 Å². The van der Waals surface area contributed by atoms with Crippen LogP contribution in [0, 0.1) is 0 Å². The summed E-state index contributed by atoms with van der Waals surface area (Å²) < 4.78 is 0. The molecule has 0 fully saturated rings. The molecule has 1 heterocycles. The van der Waals surface area contributed by atoms with Crippen LogP contribution >= 0.6 is 11.6 Å². The highest BCUT2D eigenvalue weighted by Crippen LogP contribution is 2.04. The van der Waals surface area contributed by atoms with Crippen LogP contribution in [-0.2, 0) is 11.3 Å². The Kier molecular flexibility index (Phi) is 4.45. The Morgan fingerprint density at radius 3 is 2.73 bits per heavy atom. The minimum Gasteiger partial charge on any atom is -0.369 e. The van der Waals surface area contributed by atoms with Gasteiger partial charge in [0.2, 0.25) is 5.91 Å². The Morgan fingerprint density at radius 2 is 2.27 bits per heavy atom. The molecule has 1 aromatic rings. The molecule has 0 aliphatic carbocycles. The van der Waals surface area contributed by atoms with Crippen molar-refractivity contribution in [1.29, 1.82) is 0 Å². The molecule has 2 N–H and O–H groups in total. The third kappa shape index (κ3) is 4.22. The Bertz CT molecular complexity index is 327. The molecule has 15 heavy (non-hydrogen) atoms. The van der Waals surface area contributed by atoms with Crippen LogP contribution in [0.25, 0.3) is 0 Å². The second-order valence-electron chi connectivity index (χ2n) is 3.12. The topological polar surface area (TPSA) is 72.1 Å². The largest absolute Gasteiger partial charge is 0.369 e. The number of carbonyl (C=O) groups is 1. The maximum Gasteiger partial charge on any atom is 0.231 e. The van der Waals surface area contributed by atoms with Gasteiger partial charge in [0.05, 0.1) is 12.2 Å². The number of hydrogen-bond donors (Lipinski definition) is 1. The van der Waals surface area contributed by atoms with E-state index in [1.54, 1.807) is 12.1 Å². The van der Waals surface area contributed by atoms with E-state index >= 15 is 0 Å². The predicted octanol–water partition coefficient (Wildman–Crippen LogP) is 0.437. The van der Waals surface area contributed by atoms with Crippen LogP contribution in [0.3, 0.4) is 0 Å². The number of likely N-dealkylation sites (N-methyl/N-ethyl adjacent to an activating group) is 1. The Labute approximate surface area is 93.2 Å². The number of nitrogens with zero attached hydrogens (tertiary/aromatic N) is 3. The van der Waals surface area contributed by atoms with E-state index in [1.807, 2.05) is 11.8 Å². The van der Waals surface area contributed by atoms with Crippen molar-refractivity contribution in [2.24, 2.45) is 5.73 Å². The SMILES string of the molecule is CCN(CC(N)=O)Cc1ccc(Cl)nn1. The van der Waals surface area contributed by atoms with E-state index in [4.69, 9.17) is 17.3 Å². The summed E-state index contributed by atoms with van der Waals surface area (Å²) in [6, 6.07) is 3.45. The van der Waals surface area contributed by atoms with E-state index in [9.17, 15) is 4.79 Å². The molecule has 0 aliphatic rings. The molecular formula is C9H13ClN4O. The average molecular weight is 229 g/mol. The molecule has 6 heteroatoms. The zero-order valence-electron chi connectivity index (χ0n) is 8.48. The van der Waals surface area contributed by atoms with Crippen molar-refractivity contribution in [1.82, 2.24) is 15.1 Å². The maximum absolute atomic E-state index is 10.7. The maximum atomic E-state index is 10.7. The number of amides is 1. The van der Waals surface area contributed by atoms with Gasteiger partial charge in [0.15, 0.2) is 5.15 Å². The van der Waals surface area contributed by atoms with Crippen molar-refractivity contribution in [3.63, 3.8) is 0 Å². The lowest BCUT2D eigenvalue weighted by Crippen LogP contribution is -2.33. The van der Waals surface area contributed by atoms with Crippen molar-refractivity contribution in [3.05, 3.63) is 23.0 Å². The summed E-state index contributed by atoms with van der Waals surface area (Å²) in [6.45, 7) is 3.45. The molecular weight excluding hydrogens is 216 g/mol. The molecule has 0 saturated heterocycles. The van der Waals surface area contributed by atoms with Crippen molar-refractivity contribution in [2.45, 2.75) is 13.5 Å². The summed E-state index contributed by atoms with van der Waals surface area (Å²) in [5.41, 5.74) is 5.88. The molecule has 0 spiro atoms. The van der Waals surface area contributed by atoms with Gasteiger partial charge in [-0.25, -0.2) is 0 Å². The van der Waals surface area contributed by atoms with Gasteiger partial charge in [-0.3, -0.25) is 9.69 Å². The molecule has 0 aliphatic heterocycles. The lowest BCUT2D eigenvalue weighted by atomic mass is 10.3. The molecule has 1 rings (SSSR count). The van der Waals surface area contributed by atoms with Crippen molar-refractivity contribution in [3.8, 4) is 0 Å². The molecule has 5 nitrogen and oxygen atoms in total. The van der Waals surface area contributed by atoms with E-state index in [1.165, 1.54) is 0 Å². The van der Waals surface area contributed by atoms with Gasteiger partial charge in [0.1, 0.15) is 0 Å². The number of nitrogens with two attached hydrogens (primary N) is 1. The molecule has 0 unspecified atom stereocenters. The summed E-state index contributed by atoms with van der Waals surface area (Å²) in [4.78, 5) is 12.6. The van der Waals surface area contributed by atoms with Crippen LogP contribution < -0.4 is 5.73 Å². The molecule has 0 radical (unpaired) electrons. The summed E-state index contributed by atoms with van der Waals surface area (Å²) in [5, 5.41) is 7.97. The van der Waals surface area contributed by atoms with Crippen molar-refractivity contribution < 1.29 is 4.79 Å². The molecule has 1 amide bonds. The number of carbonyl (C=O) groups excluding carboxylic acids is 1. The quantitative estimate of drug-likeness (QED) is 0.794. The second-order valence-corrected chi connectivity index (χ2v) is 3.50. The number of primary amides is 1. The number of rotatable bonds is 5. The number of hydrogen-bond acceptors (Lipinski definition) is 4. The predicted molar refractivity (Wildman–Crippen MR) is 57.2 cm³/mol. The van der Waals surface area contributed by atoms with Crippen LogP contribution in [0.1, 0.15) is 12.6 Å². The van der Waals surface area contributed by atoms with E-state index in [0.29, 0.717) is 11.7 Å². The number of halogens is 1. The minimum absolute atomic E-state index is 0.223. The van der Waals surface area contributed by atoms with Crippen LogP contribution in [0.15, 0.2) is 12.1 Å². The summed E-state index contributed by atoms with van der Waals surface area (Å²) in [5.74, 6) is -0.348. The second kappa shape index (κ2) is 5.63.